The zero-order valence-corrected chi connectivity index (χ0v) is 4.59. The van der Waals surface area contributed by atoms with Crippen LogP contribution in [0, 0.1) is 0 Å². The molecule has 2 fully saturated rings. The number of hydrogen-bond donors (Lipinski definition) is 0. The first kappa shape index (κ1) is 4.50. The molecule has 0 aliphatic carbocycles. The number of fused-ring (bicyclic) bond motifs is 2. The molecule has 2 aliphatic rings. The SMILES string of the molecule is O=C1CC2CCC1O2. The van der Waals surface area contributed by atoms with Gasteiger partial charge in [0.05, 0.1) is 6.10 Å². The molecule has 2 atom stereocenters. The molecule has 2 heterocycles. The summed E-state index contributed by atoms with van der Waals surface area (Å²) < 4.78 is 5.23. The average molecular weight is 112 g/mol. The fourth-order valence-electron chi connectivity index (χ4n) is 1.45. The van der Waals surface area contributed by atoms with E-state index in [0.29, 0.717) is 18.3 Å². The summed E-state index contributed by atoms with van der Waals surface area (Å²) in [6.45, 7) is 0. The third-order valence-corrected chi connectivity index (χ3v) is 1.90. The minimum atomic E-state index is -0.000000000000000222. The van der Waals surface area contributed by atoms with E-state index >= 15 is 0 Å². The maximum Gasteiger partial charge on any atom is 0.164 e. The predicted molar refractivity (Wildman–Crippen MR) is 27.5 cm³/mol. The summed E-state index contributed by atoms with van der Waals surface area (Å²) in [4.78, 5) is 10.7. The van der Waals surface area contributed by atoms with Crippen molar-refractivity contribution in [2.75, 3.05) is 0 Å². The van der Waals surface area contributed by atoms with Gasteiger partial charge in [0.1, 0.15) is 6.10 Å². The van der Waals surface area contributed by atoms with Gasteiger partial charge in [-0.15, -0.1) is 0 Å². The number of carbonyl (C=O) groups excluding carboxylic acids is 1. The van der Waals surface area contributed by atoms with E-state index in [1.807, 2.05) is 0 Å². The molecule has 0 radical (unpaired) electrons. The van der Waals surface area contributed by atoms with Crippen molar-refractivity contribution in [3.63, 3.8) is 0 Å². The molecular formula is C6H8O2. The fourth-order valence-corrected chi connectivity index (χ4v) is 1.45. The molecule has 0 saturated carbocycles. The largest absolute Gasteiger partial charge is 0.367 e. The Kier molecular flexibility index (Phi) is 0.742. The van der Waals surface area contributed by atoms with Crippen molar-refractivity contribution >= 4 is 5.78 Å². The molecule has 2 aliphatic heterocycles. The number of hydrogen-bond acceptors (Lipinski definition) is 2. The van der Waals surface area contributed by atoms with Crippen LogP contribution in [-0.4, -0.2) is 18.0 Å². The molecule has 0 aromatic heterocycles. The van der Waals surface area contributed by atoms with Crippen LogP contribution >= 0.6 is 0 Å². The quantitative estimate of drug-likeness (QED) is 0.456. The van der Waals surface area contributed by atoms with Crippen LogP contribution in [0.4, 0.5) is 0 Å². The number of Topliss-reactive ketones (excluding diaryl/α,β-unsaturated/α-hetero) is 1. The predicted octanol–water partition coefficient (Wildman–Crippen LogP) is 0.507. The van der Waals surface area contributed by atoms with Crippen LogP contribution in [0.1, 0.15) is 19.3 Å². The van der Waals surface area contributed by atoms with E-state index in [1.54, 1.807) is 0 Å². The fraction of sp³-hybridized carbons (Fsp3) is 0.833. The van der Waals surface area contributed by atoms with Gasteiger partial charge >= 0.3 is 0 Å². The van der Waals surface area contributed by atoms with Crippen molar-refractivity contribution in [2.45, 2.75) is 31.5 Å². The zero-order chi connectivity index (χ0) is 5.56. The Hall–Kier alpha value is -0.370. The van der Waals surface area contributed by atoms with Crippen LogP contribution in [0.2, 0.25) is 0 Å². The number of ether oxygens (including phenoxy) is 1. The summed E-state index contributed by atoms with van der Waals surface area (Å²) in [5.41, 5.74) is 0. The zero-order valence-electron chi connectivity index (χ0n) is 4.59. The summed E-state index contributed by atoms with van der Waals surface area (Å²) in [5.74, 6) is 0.321. The lowest BCUT2D eigenvalue weighted by molar-refractivity contribution is -0.121. The maximum absolute atomic E-state index is 10.7. The summed E-state index contributed by atoms with van der Waals surface area (Å²) in [6.07, 6.45) is 3.07. The molecule has 0 N–H and O–H groups in total. The topological polar surface area (TPSA) is 26.3 Å². The van der Waals surface area contributed by atoms with Gasteiger partial charge in [0.25, 0.3) is 0 Å². The van der Waals surface area contributed by atoms with Crippen molar-refractivity contribution in [3.05, 3.63) is 0 Å². The Morgan fingerprint density at radius 2 is 2.38 bits per heavy atom. The molecule has 0 aromatic rings. The molecule has 2 heteroatoms. The molecule has 8 heavy (non-hydrogen) atoms. The number of carbonyl (C=O) groups is 1. The molecule has 2 unspecified atom stereocenters. The maximum atomic E-state index is 10.7. The van der Waals surface area contributed by atoms with Crippen LogP contribution in [0.5, 0.6) is 0 Å². The van der Waals surface area contributed by atoms with Gasteiger partial charge in [-0.25, -0.2) is 0 Å². The Morgan fingerprint density at radius 1 is 1.50 bits per heavy atom. The van der Waals surface area contributed by atoms with Gasteiger partial charge in [-0.1, -0.05) is 0 Å². The highest BCUT2D eigenvalue weighted by Gasteiger charge is 2.39. The molecule has 2 saturated heterocycles. The first-order chi connectivity index (χ1) is 3.86. The minimum Gasteiger partial charge on any atom is -0.367 e. The molecule has 2 rings (SSSR count). The Labute approximate surface area is 47.8 Å². The van der Waals surface area contributed by atoms with Gasteiger partial charge in [0.2, 0.25) is 0 Å². The molecule has 2 bridgehead atoms. The van der Waals surface area contributed by atoms with E-state index in [2.05, 4.69) is 0 Å². The molecule has 0 spiro atoms. The molecular weight excluding hydrogens is 104 g/mol. The van der Waals surface area contributed by atoms with Crippen molar-refractivity contribution in [3.8, 4) is 0 Å². The van der Waals surface area contributed by atoms with Crippen molar-refractivity contribution in [1.82, 2.24) is 0 Å². The lowest BCUT2D eigenvalue weighted by atomic mass is 10.00. The summed E-state index contributed by atoms with van der Waals surface area (Å²) >= 11 is 0. The third kappa shape index (κ3) is 0.436. The van der Waals surface area contributed by atoms with Crippen LogP contribution in [0.3, 0.4) is 0 Å². The van der Waals surface area contributed by atoms with Gasteiger partial charge in [-0.3, -0.25) is 4.79 Å². The Balaban J connectivity index is 2.22. The second-order valence-corrected chi connectivity index (χ2v) is 2.49. The molecule has 2 nitrogen and oxygen atoms in total. The van der Waals surface area contributed by atoms with Gasteiger partial charge < -0.3 is 4.74 Å². The van der Waals surface area contributed by atoms with E-state index in [0.717, 1.165) is 12.8 Å². The van der Waals surface area contributed by atoms with Crippen LogP contribution in [0.25, 0.3) is 0 Å². The first-order valence-electron chi connectivity index (χ1n) is 3.04. The third-order valence-electron chi connectivity index (χ3n) is 1.90. The summed E-state index contributed by atoms with van der Waals surface area (Å²) in [7, 11) is 0. The van der Waals surface area contributed by atoms with Crippen molar-refractivity contribution < 1.29 is 9.53 Å². The van der Waals surface area contributed by atoms with Gasteiger partial charge in [0, 0.05) is 6.42 Å². The van der Waals surface area contributed by atoms with Gasteiger partial charge in [-0.2, -0.15) is 0 Å². The highest BCUT2D eigenvalue weighted by molar-refractivity contribution is 5.86. The van der Waals surface area contributed by atoms with E-state index in [1.165, 1.54) is 0 Å². The second-order valence-electron chi connectivity index (χ2n) is 2.49. The van der Waals surface area contributed by atoms with Crippen LogP contribution < -0.4 is 0 Å². The van der Waals surface area contributed by atoms with E-state index < -0.39 is 0 Å². The number of rotatable bonds is 0. The lowest BCUT2D eigenvalue weighted by Crippen LogP contribution is -2.14. The number of ketones is 1. The Morgan fingerprint density at radius 3 is 2.62 bits per heavy atom. The molecule has 44 valence electrons. The van der Waals surface area contributed by atoms with E-state index in [-0.39, 0.29) is 6.10 Å². The first-order valence-corrected chi connectivity index (χ1v) is 3.04. The van der Waals surface area contributed by atoms with E-state index in [9.17, 15) is 4.79 Å². The monoisotopic (exact) mass is 112 g/mol. The normalized spacial score (nSPS) is 43.8. The van der Waals surface area contributed by atoms with E-state index in [4.69, 9.17) is 4.74 Å². The van der Waals surface area contributed by atoms with Gasteiger partial charge in [0.15, 0.2) is 5.78 Å². The Bertz CT molecular complexity index is 130. The summed E-state index contributed by atoms with van der Waals surface area (Å²) in [6, 6.07) is 0. The van der Waals surface area contributed by atoms with Crippen LogP contribution in [-0.2, 0) is 9.53 Å². The smallest absolute Gasteiger partial charge is 0.164 e. The average Bonchev–Trinajstić information content (AvgIpc) is 2.23. The standard InChI is InChI=1S/C6H8O2/c7-5-3-4-1-2-6(5)8-4/h4,6H,1-3H2. The van der Waals surface area contributed by atoms with Gasteiger partial charge in [-0.05, 0) is 12.8 Å². The summed E-state index contributed by atoms with van der Waals surface area (Å²) in [5, 5.41) is 0. The highest BCUT2D eigenvalue weighted by Crippen LogP contribution is 2.30. The van der Waals surface area contributed by atoms with Crippen molar-refractivity contribution in [2.24, 2.45) is 0 Å². The molecule has 0 aromatic carbocycles. The lowest BCUT2D eigenvalue weighted by Gasteiger charge is -1.99. The highest BCUT2D eigenvalue weighted by atomic mass is 16.5. The second kappa shape index (κ2) is 1.32. The van der Waals surface area contributed by atoms with Crippen LogP contribution in [0.15, 0.2) is 0 Å². The molecule has 0 amide bonds. The minimum absolute atomic E-state index is 0.000000000000000222. The van der Waals surface area contributed by atoms with Crippen molar-refractivity contribution in [1.29, 1.82) is 0 Å².